The van der Waals surface area contributed by atoms with E-state index >= 15 is 0 Å². The Bertz CT molecular complexity index is 1090. The molecule has 0 N–H and O–H groups in total. The maximum absolute atomic E-state index is 12.5. The van der Waals surface area contributed by atoms with Crippen molar-refractivity contribution in [3.8, 4) is 17.6 Å². The van der Waals surface area contributed by atoms with Gasteiger partial charge in [-0.05, 0) is 51.1 Å². The average Bonchev–Trinajstić information content (AvgIpc) is 3.26. The molecule has 2 aromatic heterocycles. The lowest BCUT2D eigenvalue weighted by Gasteiger charge is -2.07. The number of ether oxygens (including phenoxy) is 2. The fourth-order valence-electron chi connectivity index (χ4n) is 2.89. The molecular formula is C21H19N3O5. The molecule has 0 unspecified atom stereocenters. The average molecular weight is 393 g/mol. The van der Waals surface area contributed by atoms with E-state index in [4.69, 9.17) is 19.3 Å². The van der Waals surface area contributed by atoms with Crippen molar-refractivity contribution in [3.63, 3.8) is 0 Å². The van der Waals surface area contributed by atoms with E-state index in [0.29, 0.717) is 34.1 Å². The van der Waals surface area contributed by atoms with Crippen LogP contribution in [0.2, 0.25) is 0 Å². The summed E-state index contributed by atoms with van der Waals surface area (Å²) in [5.74, 6) is 0.694. The summed E-state index contributed by atoms with van der Waals surface area (Å²) in [6.45, 7) is 4.70. The molecule has 0 fully saturated rings. The number of ketones is 1. The molecule has 2 heterocycles. The first-order chi connectivity index (χ1) is 13.9. The van der Waals surface area contributed by atoms with Crippen LogP contribution in [0, 0.1) is 32.1 Å². The first-order valence-corrected chi connectivity index (χ1v) is 8.83. The van der Waals surface area contributed by atoms with Crippen molar-refractivity contribution in [2.75, 3.05) is 13.2 Å². The Morgan fingerprint density at radius 3 is 2.48 bits per heavy atom. The van der Waals surface area contributed by atoms with E-state index in [0.717, 1.165) is 5.69 Å². The number of rotatable bonds is 7. The number of benzene rings is 1. The molecule has 0 spiro atoms. The number of carbonyl (C=O) groups is 2. The number of aromatic nitrogens is 2. The van der Waals surface area contributed by atoms with Gasteiger partial charge in [-0.1, -0.05) is 5.16 Å². The van der Waals surface area contributed by atoms with E-state index in [1.165, 1.54) is 0 Å². The van der Waals surface area contributed by atoms with Crippen LogP contribution in [0.3, 0.4) is 0 Å². The van der Waals surface area contributed by atoms with Gasteiger partial charge in [0.05, 0.1) is 11.6 Å². The molecule has 8 nitrogen and oxygen atoms in total. The summed E-state index contributed by atoms with van der Waals surface area (Å²) in [7, 11) is 0. The van der Waals surface area contributed by atoms with E-state index in [2.05, 4.69) is 5.16 Å². The minimum absolute atomic E-state index is 0.323. The van der Waals surface area contributed by atoms with Crippen LogP contribution in [0.4, 0.5) is 0 Å². The number of esters is 1. The maximum Gasteiger partial charge on any atom is 0.344 e. The molecule has 0 aliphatic carbocycles. The number of carbonyl (C=O) groups excluding carboxylic acids is 2. The van der Waals surface area contributed by atoms with Crippen LogP contribution < -0.4 is 4.74 Å². The van der Waals surface area contributed by atoms with Crippen molar-refractivity contribution >= 4 is 11.8 Å². The van der Waals surface area contributed by atoms with E-state index in [1.807, 2.05) is 13.0 Å². The highest BCUT2D eigenvalue weighted by Gasteiger charge is 2.19. The van der Waals surface area contributed by atoms with Gasteiger partial charge in [-0.15, -0.1) is 0 Å². The topological polar surface area (TPSA) is 107 Å². The van der Waals surface area contributed by atoms with Gasteiger partial charge in [-0.3, -0.25) is 9.36 Å². The van der Waals surface area contributed by atoms with E-state index in [9.17, 15) is 9.59 Å². The van der Waals surface area contributed by atoms with Crippen LogP contribution in [0.5, 0.6) is 5.75 Å². The zero-order valence-electron chi connectivity index (χ0n) is 16.3. The quantitative estimate of drug-likeness (QED) is 0.448. The van der Waals surface area contributed by atoms with Crippen molar-refractivity contribution in [1.82, 2.24) is 9.72 Å². The molecule has 0 bridgehead atoms. The van der Waals surface area contributed by atoms with Crippen molar-refractivity contribution in [2.24, 2.45) is 0 Å². The Kier molecular flexibility index (Phi) is 5.79. The van der Waals surface area contributed by atoms with Crippen LogP contribution in [0.1, 0.15) is 33.1 Å². The number of aryl methyl sites for hydroxylation is 2. The first kappa shape index (κ1) is 19.9. The molecule has 0 atom stereocenters. The number of hydrogen-bond acceptors (Lipinski definition) is 7. The fourth-order valence-corrected chi connectivity index (χ4v) is 2.89. The zero-order valence-corrected chi connectivity index (χ0v) is 16.3. The Balaban J connectivity index is 1.57. The second kappa shape index (κ2) is 8.44. The lowest BCUT2D eigenvalue weighted by atomic mass is 10.1. The molecular weight excluding hydrogens is 374 g/mol. The minimum Gasteiger partial charge on any atom is -0.482 e. The molecule has 29 heavy (non-hydrogen) atoms. The molecule has 0 aliphatic rings. The predicted octanol–water partition coefficient (Wildman–Crippen LogP) is 3.07. The normalized spacial score (nSPS) is 10.4. The molecule has 3 rings (SSSR count). The largest absolute Gasteiger partial charge is 0.482 e. The van der Waals surface area contributed by atoms with Crippen molar-refractivity contribution in [1.29, 1.82) is 5.26 Å². The third kappa shape index (κ3) is 4.52. The Morgan fingerprint density at radius 1 is 1.14 bits per heavy atom. The smallest absolute Gasteiger partial charge is 0.344 e. The maximum atomic E-state index is 12.5. The number of nitrogens with zero attached hydrogens (tertiary/aromatic N) is 3. The molecule has 0 saturated heterocycles. The van der Waals surface area contributed by atoms with Crippen LogP contribution in [-0.4, -0.2) is 34.7 Å². The van der Waals surface area contributed by atoms with E-state index in [1.54, 1.807) is 54.8 Å². The molecule has 0 radical (unpaired) electrons. The molecule has 0 amide bonds. The Hall–Kier alpha value is -3.86. The van der Waals surface area contributed by atoms with Gasteiger partial charge in [-0.25, -0.2) is 4.79 Å². The van der Waals surface area contributed by atoms with Crippen LogP contribution in [-0.2, 0) is 9.53 Å². The lowest BCUT2D eigenvalue weighted by Crippen LogP contribution is -2.19. The summed E-state index contributed by atoms with van der Waals surface area (Å²) < 4.78 is 17.2. The number of hydrogen-bond donors (Lipinski definition) is 0. The Morgan fingerprint density at radius 2 is 1.86 bits per heavy atom. The van der Waals surface area contributed by atoms with Gasteiger partial charge in [0.25, 0.3) is 0 Å². The predicted molar refractivity (Wildman–Crippen MR) is 102 cm³/mol. The van der Waals surface area contributed by atoms with Crippen molar-refractivity contribution in [3.05, 3.63) is 64.7 Å². The number of Topliss-reactive ketones (excluding diaryl/α,β-unsaturated/α-hetero) is 1. The van der Waals surface area contributed by atoms with Gasteiger partial charge in [0, 0.05) is 23.0 Å². The molecule has 3 aromatic rings. The van der Waals surface area contributed by atoms with Gasteiger partial charge < -0.3 is 14.0 Å². The third-order valence-corrected chi connectivity index (χ3v) is 4.28. The highest BCUT2D eigenvalue weighted by Crippen LogP contribution is 2.21. The van der Waals surface area contributed by atoms with Crippen molar-refractivity contribution in [2.45, 2.75) is 20.8 Å². The zero-order chi connectivity index (χ0) is 21.0. The molecule has 148 valence electrons. The molecule has 0 saturated carbocycles. The van der Waals surface area contributed by atoms with Crippen LogP contribution in [0.25, 0.3) is 5.82 Å². The monoisotopic (exact) mass is 393 g/mol. The highest BCUT2D eigenvalue weighted by molar-refractivity contribution is 5.99. The van der Waals surface area contributed by atoms with Gasteiger partial charge in [0.15, 0.2) is 19.0 Å². The van der Waals surface area contributed by atoms with Gasteiger partial charge in [-0.2, -0.15) is 5.26 Å². The van der Waals surface area contributed by atoms with E-state index < -0.39 is 12.6 Å². The second-order valence-corrected chi connectivity index (χ2v) is 6.42. The van der Waals surface area contributed by atoms with Gasteiger partial charge in [0.2, 0.25) is 5.78 Å². The molecule has 1 aromatic carbocycles. The third-order valence-electron chi connectivity index (χ3n) is 4.28. The summed E-state index contributed by atoms with van der Waals surface area (Å²) in [6.07, 6.45) is 0. The standard InChI is InChI=1S/C21H19N3O5/c1-13-8-18(15(3)24(13)20-9-14(2)29-23-20)19(25)11-28-21(26)12-27-17-6-4-16(10-22)5-7-17/h4-9H,11-12H2,1-3H3. The van der Waals surface area contributed by atoms with Gasteiger partial charge in [0.1, 0.15) is 11.5 Å². The highest BCUT2D eigenvalue weighted by atomic mass is 16.6. The molecule has 0 aliphatic heterocycles. The summed E-state index contributed by atoms with van der Waals surface area (Å²) in [4.78, 5) is 24.4. The second-order valence-electron chi connectivity index (χ2n) is 6.42. The Labute approximate surface area is 167 Å². The number of nitriles is 1. The van der Waals surface area contributed by atoms with Gasteiger partial charge >= 0.3 is 5.97 Å². The van der Waals surface area contributed by atoms with Crippen LogP contribution in [0.15, 0.2) is 40.9 Å². The minimum atomic E-state index is -0.663. The summed E-state index contributed by atoms with van der Waals surface area (Å²) in [5, 5.41) is 12.7. The van der Waals surface area contributed by atoms with Crippen molar-refractivity contribution < 1.29 is 23.6 Å². The lowest BCUT2D eigenvalue weighted by molar-refractivity contribution is -0.144. The van der Waals surface area contributed by atoms with Crippen LogP contribution >= 0.6 is 0 Å². The fraction of sp³-hybridized carbons (Fsp3) is 0.238. The van der Waals surface area contributed by atoms with E-state index in [-0.39, 0.29) is 12.4 Å². The SMILES string of the molecule is Cc1cc(-n2c(C)cc(C(=O)COC(=O)COc3ccc(C#N)cc3)c2C)no1. The summed E-state index contributed by atoms with van der Waals surface area (Å²) in [5.41, 5.74) is 2.44. The first-order valence-electron chi connectivity index (χ1n) is 8.83. The summed E-state index contributed by atoms with van der Waals surface area (Å²) >= 11 is 0. The summed E-state index contributed by atoms with van der Waals surface area (Å²) in [6, 6.07) is 11.8. The molecule has 8 heteroatoms.